The van der Waals surface area contributed by atoms with Crippen LogP contribution >= 0.6 is 23.2 Å². The summed E-state index contributed by atoms with van der Waals surface area (Å²) in [6.07, 6.45) is 3.62. The van der Waals surface area contributed by atoms with E-state index < -0.39 is 0 Å². The number of carbonyl (C=O) groups excluding carboxylic acids is 2. The predicted octanol–water partition coefficient (Wildman–Crippen LogP) is 3.43. The molecule has 2 atom stereocenters. The molecule has 4 N–H and O–H groups in total. The lowest BCUT2D eigenvalue weighted by Crippen LogP contribution is -2.45. The molecule has 11 heteroatoms. The van der Waals surface area contributed by atoms with Gasteiger partial charge in [0, 0.05) is 30.2 Å². The van der Waals surface area contributed by atoms with Gasteiger partial charge in [0.05, 0.1) is 41.3 Å². The summed E-state index contributed by atoms with van der Waals surface area (Å²) in [5.74, 6) is 0.406. The van der Waals surface area contributed by atoms with Crippen molar-refractivity contribution in [3.8, 4) is 16.9 Å². The number of halogens is 2. The molecule has 2 amide bonds. The molecule has 0 bridgehead atoms. The molecule has 4 rings (SSSR count). The molecular weight excluding hydrogens is 515 g/mol. The van der Waals surface area contributed by atoms with Gasteiger partial charge in [-0.25, -0.2) is 9.97 Å². The van der Waals surface area contributed by atoms with Crippen molar-refractivity contribution in [3.05, 3.63) is 58.7 Å². The van der Waals surface area contributed by atoms with Crippen molar-refractivity contribution in [2.45, 2.75) is 25.4 Å². The van der Waals surface area contributed by atoms with E-state index in [1.54, 1.807) is 18.2 Å². The van der Waals surface area contributed by atoms with Gasteiger partial charge in [0.15, 0.2) is 0 Å². The molecule has 9 nitrogen and oxygen atoms in total. The lowest BCUT2D eigenvalue weighted by atomic mass is 9.99. The van der Waals surface area contributed by atoms with E-state index in [2.05, 4.69) is 27.2 Å². The zero-order valence-electron chi connectivity index (χ0n) is 20.6. The maximum absolute atomic E-state index is 12.1. The Hall–Kier alpha value is -3.40. The van der Waals surface area contributed by atoms with Crippen LogP contribution in [0.3, 0.4) is 0 Å². The van der Waals surface area contributed by atoms with Gasteiger partial charge in [-0.1, -0.05) is 42.8 Å². The third-order valence-electron chi connectivity index (χ3n) is 6.39. The molecule has 0 radical (unpaired) electrons. The first-order valence-corrected chi connectivity index (χ1v) is 12.5. The van der Waals surface area contributed by atoms with Crippen LogP contribution in [0.4, 0.5) is 5.95 Å². The van der Waals surface area contributed by atoms with Crippen molar-refractivity contribution in [1.82, 2.24) is 20.2 Å². The van der Waals surface area contributed by atoms with E-state index in [9.17, 15) is 9.59 Å². The minimum Gasteiger partial charge on any atom is -0.495 e. The third kappa shape index (κ3) is 5.49. The number of ether oxygens (including phenoxy) is 1. The van der Waals surface area contributed by atoms with Crippen molar-refractivity contribution in [2.75, 3.05) is 32.1 Å². The number of carbonyl (C=O) groups is 2. The summed E-state index contributed by atoms with van der Waals surface area (Å²) >= 11 is 13.3. The second kappa shape index (κ2) is 11.3. The minimum absolute atomic E-state index is 0.106. The Labute approximate surface area is 225 Å². The number of aromatic nitrogens is 2. The quantitative estimate of drug-likeness (QED) is 0.372. The number of methoxy groups -OCH3 is 1. The lowest BCUT2D eigenvalue weighted by molar-refractivity contribution is -0.129. The first-order valence-electron chi connectivity index (χ1n) is 11.8. The average Bonchev–Trinajstić information content (AvgIpc) is 3.30. The monoisotopic (exact) mass is 542 g/mol. The zero-order chi connectivity index (χ0) is 26.7. The first-order chi connectivity index (χ1) is 17.8. The number of fused-ring (bicyclic) bond motifs is 1. The zero-order valence-corrected chi connectivity index (χ0v) is 22.1. The van der Waals surface area contributed by atoms with Gasteiger partial charge >= 0.3 is 0 Å². The van der Waals surface area contributed by atoms with E-state index in [0.717, 1.165) is 22.9 Å². The van der Waals surface area contributed by atoms with Crippen molar-refractivity contribution in [1.29, 1.82) is 0 Å². The summed E-state index contributed by atoms with van der Waals surface area (Å²) in [6.45, 7) is 6.08. The van der Waals surface area contributed by atoms with Crippen LogP contribution in [0.15, 0.2) is 43.1 Å². The molecule has 0 aliphatic carbocycles. The molecule has 1 aliphatic heterocycles. The summed E-state index contributed by atoms with van der Waals surface area (Å²) in [5.41, 5.74) is 8.68. The maximum Gasteiger partial charge on any atom is 0.243 e. The van der Waals surface area contributed by atoms with Crippen molar-refractivity contribution in [2.24, 2.45) is 5.73 Å². The molecule has 2 aromatic carbocycles. The Morgan fingerprint density at radius 1 is 1.24 bits per heavy atom. The Morgan fingerprint density at radius 3 is 2.68 bits per heavy atom. The smallest absolute Gasteiger partial charge is 0.243 e. The van der Waals surface area contributed by atoms with Gasteiger partial charge in [-0.15, -0.1) is 0 Å². The minimum atomic E-state index is -0.354. The van der Waals surface area contributed by atoms with Crippen LogP contribution in [0, 0.1) is 0 Å². The van der Waals surface area contributed by atoms with Crippen LogP contribution in [0.25, 0.3) is 22.0 Å². The fraction of sp³-hybridized carbons (Fsp3) is 0.308. The van der Waals surface area contributed by atoms with Gasteiger partial charge in [0.2, 0.25) is 17.8 Å². The van der Waals surface area contributed by atoms with Crippen LogP contribution in [0.5, 0.6) is 5.75 Å². The first kappa shape index (κ1) is 26.7. The second-order valence-corrected chi connectivity index (χ2v) is 9.39. The number of nitrogens with one attached hydrogen (secondary N) is 2. The predicted molar refractivity (Wildman–Crippen MR) is 146 cm³/mol. The summed E-state index contributed by atoms with van der Waals surface area (Å²) < 4.78 is 5.45. The number of benzene rings is 2. The van der Waals surface area contributed by atoms with Crippen molar-refractivity contribution in [3.63, 3.8) is 0 Å². The molecule has 194 valence electrons. The fourth-order valence-corrected chi connectivity index (χ4v) is 5.19. The van der Waals surface area contributed by atoms with E-state index in [4.69, 9.17) is 33.7 Å². The van der Waals surface area contributed by atoms with E-state index in [1.807, 2.05) is 31.2 Å². The molecule has 2 unspecified atom stereocenters. The van der Waals surface area contributed by atoms with Crippen LogP contribution in [0.1, 0.15) is 12.5 Å². The van der Waals surface area contributed by atoms with E-state index in [-0.39, 0.29) is 30.4 Å². The molecule has 3 aromatic rings. The highest BCUT2D eigenvalue weighted by atomic mass is 35.5. The van der Waals surface area contributed by atoms with Gasteiger partial charge in [-0.2, -0.15) is 0 Å². The number of aryl methyl sites for hydroxylation is 1. The lowest BCUT2D eigenvalue weighted by Gasteiger charge is -2.20. The number of rotatable bonds is 8. The third-order valence-corrected chi connectivity index (χ3v) is 7.19. The van der Waals surface area contributed by atoms with Gasteiger partial charge in [-0.05, 0) is 41.8 Å². The second-order valence-electron chi connectivity index (χ2n) is 8.63. The van der Waals surface area contributed by atoms with Crippen LogP contribution in [-0.2, 0) is 16.0 Å². The number of hydrogen-bond acceptors (Lipinski definition) is 7. The Kier molecular flexibility index (Phi) is 8.16. The molecule has 1 fully saturated rings. The Balaban J connectivity index is 1.63. The van der Waals surface area contributed by atoms with Gasteiger partial charge < -0.3 is 26.0 Å². The summed E-state index contributed by atoms with van der Waals surface area (Å²) in [6, 6.07) is 6.88. The van der Waals surface area contributed by atoms with Crippen LogP contribution in [-0.4, -0.2) is 65.5 Å². The van der Waals surface area contributed by atoms with Crippen molar-refractivity contribution >= 4 is 51.9 Å². The fourth-order valence-electron chi connectivity index (χ4n) is 4.42. The maximum atomic E-state index is 12.1. The number of nitrogens with two attached hydrogens (primary N) is 1. The molecular formula is C26H28Cl2N6O3. The molecule has 1 aromatic heterocycles. The molecule has 0 saturated carbocycles. The molecule has 0 spiro atoms. The highest BCUT2D eigenvalue weighted by Gasteiger charge is 2.36. The van der Waals surface area contributed by atoms with E-state index in [0.29, 0.717) is 45.9 Å². The largest absolute Gasteiger partial charge is 0.495 e. The standard InChI is InChI=1S/C26H28Cl2N6O3/c1-4-14-9-20(37-3)25(28)23(24(14)27)15-6-7-17-16(8-15)11-30-26(32-17)33-19-13-34(22(36)10-29)12-18(19)31-21(35)5-2/h5-9,11,18-19H,2,4,10,12-13,29H2,1,3H3,(H,31,35)(H,30,32,33). The SMILES string of the molecule is C=CC(=O)NC1CN(C(=O)CN)CC1Nc1ncc2cc(-c3c(Cl)c(CC)cc(OC)c3Cl)ccc2n1. The Bertz CT molecular complexity index is 1340. The highest BCUT2D eigenvalue weighted by molar-refractivity contribution is 6.40. The van der Waals surface area contributed by atoms with Gasteiger partial charge in [0.1, 0.15) is 5.75 Å². The topological polar surface area (TPSA) is 122 Å². The van der Waals surface area contributed by atoms with E-state index in [1.165, 1.54) is 6.08 Å². The van der Waals surface area contributed by atoms with Crippen LogP contribution < -0.4 is 21.1 Å². The van der Waals surface area contributed by atoms with E-state index >= 15 is 0 Å². The molecule has 37 heavy (non-hydrogen) atoms. The van der Waals surface area contributed by atoms with Gasteiger partial charge in [-0.3, -0.25) is 9.59 Å². The number of amides is 2. The number of hydrogen-bond donors (Lipinski definition) is 3. The number of nitrogens with zero attached hydrogens (tertiary/aromatic N) is 3. The molecule has 1 saturated heterocycles. The summed E-state index contributed by atoms with van der Waals surface area (Å²) in [4.78, 5) is 34.8. The van der Waals surface area contributed by atoms with Crippen molar-refractivity contribution < 1.29 is 14.3 Å². The number of anilines is 1. The summed E-state index contributed by atoms with van der Waals surface area (Å²) in [7, 11) is 1.57. The molecule has 1 aliphatic rings. The Morgan fingerprint density at radius 2 is 2.00 bits per heavy atom. The molecule has 2 heterocycles. The van der Waals surface area contributed by atoms with Crippen LogP contribution in [0.2, 0.25) is 10.0 Å². The normalized spacial score (nSPS) is 17.1. The average molecular weight is 543 g/mol. The highest BCUT2D eigenvalue weighted by Crippen LogP contribution is 2.43. The summed E-state index contributed by atoms with van der Waals surface area (Å²) in [5, 5.41) is 7.92. The van der Waals surface area contributed by atoms with Gasteiger partial charge in [0.25, 0.3) is 0 Å². The number of likely N-dealkylation sites (tertiary alicyclic amines) is 1.